The van der Waals surface area contributed by atoms with Gasteiger partial charge in [-0.05, 0) is 30.5 Å². The third kappa shape index (κ3) is 3.99. The van der Waals surface area contributed by atoms with Gasteiger partial charge in [0.25, 0.3) is 0 Å². The molecule has 0 saturated heterocycles. The van der Waals surface area contributed by atoms with Crippen molar-refractivity contribution in [2.75, 3.05) is 7.11 Å². The van der Waals surface area contributed by atoms with Crippen LogP contribution in [0.15, 0.2) is 24.3 Å². The molecule has 0 amide bonds. The molecule has 0 radical (unpaired) electrons. The molecule has 2 rings (SSSR count). The molecule has 1 aromatic carbocycles. The third-order valence-corrected chi connectivity index (χ3v) is 4.11. The Morgan fingerprint density at radius 2 is 2.00 bits per heavy atom. The summed E-state index contributed by atoms with van der Waals surface area (Å²) in [7, 11) is 1.52. The fraction of sp³-hybridized carbons (Fsp3) is 0.562. The predicted octanol–water partition coefficient (Wildman–Crippen LogP) is 4.18. The second-order valence-electron chi connectivity index (χ2n) is 5.53. The van der Waals surface area contributed by atoms with Crippen LogP contribution in [0.3, 0.4) is 0 Å². The van der Waals surface area contributed by atoms with Crippen LogP contribution in [0, 0.1) is 11.8 Å². The van der Waals surface area contributed by atoms with Crippen LogP contribution < -0.4 is 4.74 Å². The Hall–Kier alpha value is -1.52. The van der Waals surface area contributed by atoms with Crippen molar-refractivity contribution < 1.29 is 22.7 Å². The molecule has 0 spiro atoms. The van der Waals surface area contributed by atoms with Gasteiger partial charge in [-0.1, -0.05) is 25.0 Å². The first-order valence-corrected chi connectivity index (χ1v) is 7.14. The number of rotatable bonds is 4. The highest BCUT2D eigenvalue weighted by atomic mass is 19.4. The van der Waals surface area contributed by atoms with Gasteiger partial charge in [-0.25, -0.2) is 0 Å². The predicted molar refractivity (Wildman–Crippen MR) is 73.2 cm³/mol. The first-order chi connectivity index (χ1) is 9.91. The Bertz CT molecular complexity index is 497. The van der Waals surface area contributed by atoms with E-state index in [0.717, 1.165) is 0 Å². The SMILES string of the molecule is COc1cccc(CC(=O)C2CCCCC2C(F)(F)F)c1. The van der Waals surface area contributed by atoms with Gasteiger partial charge in [0.05, 0.1) is 13.0 Å². The molecule has 1 saturated carbocycles. The van der Waals surface area contributed by atoms with Crippen LogP contribution in [0.2, 0.25) is 0 Å². The number of hydrogen-bond donors (Lipinski definition) is 0. The van der Waals surface area contributed by atoms with Crippen LogP contribution in [0.1, 0.15) is 31.2 Å². The van der Waals surface area contributed by atoms with Gasteiger partial charge >= 0.3 is 6.18 Å². The Labute approximate surface area is 122 Å². The van der Waals surface area contributed by atoms with Crippen molar-refractivity contribution in [3.63, 3.8) is 0 Å². The van der Waals surface area contributed by atoms with Crippen molar-refractivity contribution in [2.24, 2.45) is 11.8 Å². The summed E-state index contributed by atoms with van der Waals surface area (Å²) in [6, 6.07) is 6.92. The van der Waals surface area contributed by atoms with E-state index in [1.54, 1.807) is 24.3 Å². The number of Topliss-reactive ketones (excluding diaryl/α,β-unsaturated/α-hetero) is 1. The van der Waals surface area contributed by atoms with Crippen molar-refractivity contribution >= 4 is 5.78 Å². The number of halogens is 3. The van der Waals surface area contributed by atoms with E-state index in [1.165, 1.54) is 7.11 Å². The molecule has 0 N–H and O–H groups in total. The molecule has 116 valence electrons. The summed E-state index contributed by atoms with van der Waals surface area (Å²) in [6.45, 7) is 0. The Morgan fingerprint density at radius 1 is 1.29 bits per heavy atom. The lowest BCUT2D eigenvalue weighted by molar-refractivity contribution is -0.197. The van der Waals surface area contributed by atoms with Crippen molar-refractivity contribution in [2.45, 2.75) is 38.3 Å². The van der Waals surface area contributed by atoms with Crippen LogP contribution in [-0.4, -0.2) is 19.1 Å². The first kappa shape index (κ1) is 15.9. The zero-order valence-electron chi connectivity index (χ0n) is 12.0. The first-order valence-electron chi connectivity index (χ1n) is 7.14. The molecule has 1 aliphatic carbocycles. The van der Waals surface area contributed by atoms with Crippen LogP contribution in [0.4, 0.5) is 13.2 Å². The van der Waals surface area contributed by atoms with Gasteiger partial charge in [0.2, 0.25) is 0 Å². The molecule has 2 unspecified atom stereocenters. The van der Waals surface area contributed by atoms with Crippen molar-refractivity contribution in [3.8, 4) is 5.75 Å². The Balaban J connectivity index is 2.10. The summed E-state index contributed by atoms with van der Waals surface area (Å²) in [5, 5.41) is 0. The Morgan fingerprint density at radius 3 is 2.67 bits per heavy atom. The molecule has 0 heterocycles. The molecule has 5 heteroatoms. The molecule has 1 aromatic rings. The number of ether oxygens (including phenoxy) is 1. The maximum atomic E-state index is 13.0. The number of carbonyl (C=O) groups is 1. The van der Waals surface area contributed by atoms with E-state index < -0.39 is 18.0 Å². The van der Waals surface area contributed by atoms with Crippen LogP contribution in [0.5, 0.6) is 5.75 Å². The molecule has 1 aliphatic rings. The quantitative estimate of drug-likeness (QED) is 0.834. The van der Waals surface area contributed by atoms with Crippen molar-refractivity contribution in [3.05, 3.63) is 29.8 Å². The average Bonchev–Trinajstić information content (AvgIpc) is 2.46. The monoisotopic (exact) mass is 300 g/mol. The van der Waals surface area contributed by atoms with Gasteiger partial charge in [-0.15, -0.1) is 0 Å². The zero-order chi connectivity index (χ0) is 15.5. The topological polar surface area (TPSA) is 26.3 Å². The van der Waals surface area contributed by atoms with Gasteiger partial charge in [0.1, 0.15) is 11.5 Å². The van der Waals surface area contributed by atoms with Crippen LogP contribution in [0.25, 0.3) is 0 Å². The lowest BCUT2D eigenvalue weighted by Crippen LogP contribution is -2.37. The molecular formula is C16H19F3O2. The Kier molecular flexibility index (Phi) is 4.91. The number of benzene rings is 1. The average molecular weight is 300 g/mol. The summed E-state index contributed by atoms with van der Waals surface area (Å²) in [6.07, 6.45) is -2.59. The van der Waals surface area contributed by atoms with E-state index in [9.17, 15) is 18.0 Å². The lowest BCUT2D eigenvalue weighted by Gasteiger charge is -2.32. The van der Waals surface area contributed by atoms with E-state index >= 15 is 0 Å². The molecule has 0 aliphatic heterocycles. The number of alkyl halides is 3. The minimum absolute atomic E-state index is 0.0362. The highest BCUT2D eigenvalue weighted by Gasteiger charge is 2.47. The smallest absolute Gasteiger partial charge is 0.392 e. The second-order valence-corrected chi connectivity index (χ2v) is 5.53. The van der Waals surface area contributed by atoms with Crippen molar-refractivity contribution in [1.29, 1.82) is 0 Å². The highest BCUT2D eigenvalue weighted by Crippen LogP contribution is 2.42. The minimum atomic E-state index is -4.28. The minimum Gasteiger partial charge on any atom is -0.497 e. The van der Waals surface area contributed by atoms with Gasteiger partial charge in [-0.3, -0.25) is 4.79 Å². The second kappa shape index (κ2) is 6.50. The van der Waals surface area contributed by atoms with E-state index in [-0.39, 0.29) is 18.6 Å². The third-order valence-electron chi connectivity index (χ3n) is 4.11. The number of ketones is 1. The summed E-state index contributed by atoms with van der Waals surface area (Å²) in [5.41, 5.74) is 0.700. The van der Waals surface area contributed by atoms with Gasteiger partial charge < -0.3 is 4.74 Å². The molecule has 2 nitrogen and oxygen atoms in total. The number of methoxy groups -OCH3 is 1. The zero-order valence-corrected chi connectivity index (χ0v) is 12.0. The normalized spacial score (nSPS) is 22.9. The fourth-order valence-electron chi connectivity index (χ4n) is 3.02. The summed E-state index contributed by atoms with van der Waals surface area (Å²) >= 11 is 0. The maximum Gasteiger partial charge on any atom is 0.392 e. The largest absolute Gasteiger partial charge is 0.497 e. The van der Waals surface area contributed by atoms with Crippen LogP contribution >= 0.6 is 0 Å². The van der Waals surface area contributed by atoms with Gasteiger partial charge in [0.15, 0.2) is 0 Å². The standard InChI is InChI=1S/C16H19F3O2/c1-21-12-6-4-5-11(9-12)10-15(20)13-7-2-3-8-14(13)16(17,18)19/h4-6,9,13-14H,2-3,7-8,10H2,1H3. The maximum absolute atomic E-state index is 13.0. The molecule has 0 aromatic heterocycles. The lowest BCUT2D eigenvalue weighted by atomic mass is 9.75. The van der Waals surface area contributed by atoms with Crippen molar-refractivity contribution in [1.82, 2.24) is 0 Å². The summed E-state index contributed by atoms with van der Waals surface area (Å²) in [4.78, 5) is 12.3. The van der Waals surface area contributed by atoms with Crippen LogP contribution in [-0.2, 0) is 11.2 Å². The summed E-state index contributed by atoms with van der Waals surface area (Å²) in [5.74, 6) is -2.09. The van der Waals surface area contributed by atoms with E-state index in [2.05, 4.69) is 0 Å². The van der Waals surface area contributed by atoms with E-state index in [4.69, 9.17) is 4.74 Å². The molecule has 21 heavy (non-hydrogen) atoms. The van der Waals surface area contributed by atoms with E-state index in [0.29, 0.717) is 30.6 Å². The van der Waals surface area contributed by atoms with E-state index in [1.807, 2.05) is 0 Å². The van der Waals surface area contributed by atoms with Gasteiger partial charge in [0, 0.05) is 12.3 Å². The number of hydrogen-bond acceptors (Lipinski definition) is 2. The number of carbonyl (C=O) groups excluding carboxylic acids is 1. The molecule has 0 bridgehead atoms. The molecular weight excluding hydrogens is 281 g/mol. The highest BCUT2D eigenvalue weighted by molar-refractivity contribution is 5.83. The fourth-order valence-corrected chi connectivity index (χ4v) is 3.02. The molecule has 1 fully saturated rings. The molecule has 2 atom stereocenters. The van der Waals surface area contributed by atoms with Gasteiger partial charge in [-0.2, -0.15) is 13.2 Å². The summed E-state index contributed by atoms with van der Waals surface area (Å²) < 4.78 is 44.2.